The number of sulfonamides is 1. The third-order valence-electron chi connectivity index (χ3n) is 4.49. The number of nitrogens with zero attached hydrogens (tertiary/aromatic N) is 1. The fraction of sp³-hybridized carbons (Fsp3) is 0.316. The Morgan fingerprint density at radius 3 is 2.56 bits per heavy atom. The van der Waals surface area contributed by atoms with E-state index in [1.165, 1.54) is 22.5 Å². The standard InChI is InChI=1S/C19H21ClN2O4S/c20-17-8-7-15(19(24)21-16-6-4-5-14(11-16)13-23)12-18(17)27(25,26)22-9-2-1-3-10-22/h4-8,11-12,23H,1-3,9-10,13H2,(H,21,24). The number of aliphatic hydroxyl groups excluding tert-OH is 1. The fourth-order valence-electron chi connectivity index (χ4n) is 3.04. The molecule has 1 saturated heterocycles. The highest BCUT2D eigenvalue weighted by molar-refractivity contribution is 7.89. The minimum atomic E-state index is -3.74. The van der Waals surface area contributed by atoms with Crippen LogP contribution in [0.25, 0.3) is 0 Å². The van der Waals surface area contributed by atoms with Crippen molar-refractivity contribution in [1.82, 2.24) is 4.31 Å². The number of halogens is 1. The molecular formula is C19H21ClN2O4S. The van der Waals surface area contributed by atoms with Crippen LogP contribution in [-0.4, -0.2) is 36.8 Å². The number of hydrogen-bond acceptors (Lipinski definition) is 4. The van der Waals surface area contributed by atoms with Gasteiger partial charge in [-0.05, 0) is 48.7 Å². The molecule has 0 saturated carbocycles. The molecular weight excluding hydrogens is 388 g/mol. The fourth-order valence-corrected chi connectivity index (χ4v) is 5.05. The maximum atomic E-state index is 12.9. The zero-order valence-electron chi connectivity index (χ0n) is 14.7. The first-order valence-corrected chi connectivity index (χ1v) is 10.5. The summed E-state index contributed by atoms with van der Waals surface area (Å²) in [6, 6.07) is 11.0. The van der Waals surface area contributed by atoms with Crippen molar-refractivity contribution in [2.75, 3.05) is 18.4 Å². The number of rotatable bonds is 5. The quantitative estimate of drug-likeness (QED) is 0.794. The Bertz CT molecular complexity index is 940. The lowest BCUT2D eigenvalue weighted by atomic mass is 10.2. The topological polar surface area (TPSA) is 86.7 Å². The largest absolute Gasteiger partial charge is 0.392 e. The van der Waals surface area contributed by atoms with Crippen LogP contribution in [0.2, 0.25) is 5.02 Å². The molecule has 1 heterocycles. The first kappa shape index (κ1) is 19.8. The second-order valence-corrected chi connectivity index (χ2v) is 8.74. The van der Waals surface area contributed by atoms with E-state index in [1.54, 1.807) is 24.3 Å². The van der Waals surface area contributed by atoms with Crippen LogP contribution in [0.15, 0.2) is 47.4 Å². The van der Waals surface area contributed by atoms with Gasteiger partial charge in [-0.2, -0.15) is 4.31 Å². The number of aliphatic hydroxyl groups is 1. The van der Waals surface area contributed by atoms with E-state index in [2.05, 4.69) is 5.32 Å². The van der Waals surface area contributed by atoms with Crippen molar-refractivity contribution in [2.24, 2.45) is 0 Å². The van der Waals surface area contributed by atoms with E-state index in [0.29, 0.717) is 24.3 Å². The minimum absolute atomic E-state index is 0.0529. The molecule has 0 spiro atoms. The predicted molar refractivity (Wildman–Crippen MR) is 104 cm³/mol. The average molecular weight is 409 g/mol. The normalized spacial score (nSPS) is 15.5. The zero-order valence-corrected chi connectivity index (χ0v) is 16.3. The minimum Gasteiger partial charge on any atom is -0.392 e. The lowest BCUT2D eigenvalue weighted by molar-refractivity contribution is 0.102. The predicted octanol–water partition coefficient (Wildman–Crippen LogP) is 3.26. The summed E-state index contributed by atoms with van der Waals surface area (Å²) in [7, 11) is -3.74. The number of hydrogen-bond donors (Lipinski definition) is 2. The number of anilines is 1. The van der Waals surface area contributed by atoms with E-state index < -0.39 is 15.9 Å². The van der Waals surface area contributed by atoms with Crippen molar-refractivity contribution in [3.63, 3.8) is 0 Å². The SMILES string of the molecule is O=C(Nc1cccc(CO)c1)c1ccc(Cl)c(S(=O)(=O)N2CCCCC2)c1. The number of carbonyl (C=O) groups is 1. The Balaban J connectivity index is 1.87. The molecule has 1 amide bonds. The molecule has 144 valence electrons. The molecule has 0 bridgehead atoms. The molecule has 0 aliphatic carbocycles. The zero-order chi connectivity index (χ0) is 19.4. The molecule has 0 radical (unpaired) electrons. The molecule has 2 N–H and O–H groups in total. The van der Waals surface area contributed by atoms with Gasteiger partial charge in [0.2, 0.25) is 10.0 Å². The monoisotopic (exact) mass is 408 g/mol. The molecule has 1 fully saturated rings. The van der Waals surface area contributed by atoms with Gasteiger partial charge in [0.15, 0.2) is 0 Å². The number of piperidine rings is 1. The maximum Gasteiger partial charge on any atom is 0.255 e. The highest BCUT2D eigenvalue weighted by Crippen LogP contribution is 2.28. The van der Waals surface area contributed by atoms with Crippen molar-refractivity contribution in [3.05, 3.63) is 58.6 Å². The molecule has 1 aliphatic rings. The average Bonchev–Trinajstić information content (AvgIpc) is 2.69. The molecule has 2 aromatic carbocycles. The van der Waals surface area contributed by atoms with E-state index in [4.69, 9.17) is 11.6 Å². The summed E-state index contributed by atoms with van der Waals surface area (Å²) < 4.78 is 27.2. The van der Waals surface area contributed by atoms with Gasteiger partial charge in [-0.15, -0.1) is 0 Å². The highest BCUT2D eigenvalue weighted by atomic mass is 35.5. The first-order chi connectivity index (χ1) is 12.9. The summed E-state index contributed by atoms with van der Waals surface area (Å²) in [5.41, 5.74) is 1.38. The van der Waals surface area contributed by atoms with Crippen molar-refractivity contribution < 1.29 is 18.3 Å². The third kappa shape index (κ3) is 4.50. The van der Waals surface area contributed by atoms with Crippen molar-refractivity contribution in [2.45, 2.75) is 30.8 Å². The van der Waals surface area contributed by atoms with Gasteiger partial charge in [-0.25, -0.2) is 8.42 Å². The molecule has 27 heavy (non-hydrogen) atoms. The molecule has 0 atom stereocenters. The van der Waals surface area contributed by atoms with Crippen molar-refractivity contribution >= 4 is 33.2 Å². The number of carbonyl (C=O) groups excluding carboxylic acids is 1. The van der Waals surface area contributed by atoms with Crippen LogP contribution in [0.5, 0.6) is 0 Å². The third-order valence-corrected chi connectivity index (χ3v) is 6.87. The van der Waals surface area contributed by atoms with Crippen LogP contribution in [0, 0.1) is 0 Å². The molecule has 3 rings (SSSR count). The van der Waals surface area contributed by atoms with Gasteiger partial charge >= 0.3 is 0 Å². The number of benzene rings is 2. The summed E-state index contributed by atoms with van der Waals surface area (Å²) in [6.07, 6.45) is 2.64. The van der Waals surface area contributed by atoms with Crippen LogP contribution in [0.3, 0.4) is 0 Å². The van der Waals surface area contributed by atoms with Gasteiger partial charge in [0.25, 0.3) is 5.91 Å². The molecule has 8 heteroatoms. The van der Waals surface area contributed by atoms with Gasteiger partial charge < -0.3 is 10.4 Å². The summed E-state index contributed by atoms with van der Waals surface area (Å²) in [5, 5.41) is 12.0. The molecule has 2 aromatic rings. The Hall–Kier alpha value is -1.93. The Kier molecular flexibility index (Phi) is 6.16. The van der Waals surface area contributed by atoms with E-state index in [0.717, 1.165) is 19.3 Å². The summed E-state index contributed by atoms with van der Waals surface area (Å²) in [6.45, 7) is 0.787. The van der Waals surface area contributed by atoms with Crippen LogP contribution in [0.1, 0.15) is 35.2 Å². The van der Waals surface area contributed by atoms with Gasteiger partial charge in [0, 0.05) is 24.3 Å². The summed E-state index contributed by atoms with van der Waals surface area (Å²) >= 11 is 6.14. The van der Waals surface area contributed by atoms with Crippen molar-refractivity contribution in [3.8, 4) is 0 Å². The Labute approximate surface area is 163 Å². The highest BCUT2D eigenvalue weighted by Gasteiger charge is 2.28. The lowest BCUT2D eigenvalue weighted by Crippen LogP contribution is -2.35. The number of nitrogens with one attached hydrogen (secondary N) is 1. The summed E-state index contributed by atoms with van der Waals surface area (Å²) in [5.74, 6) is -0.447. The van der Waals surface area contributed by atoms with Gasteiger partial charge in [0.1, 0.15) is 4.90 Å². The Morgan fingerprint density at radius 1 is 1.11 bits per heavy atom. The smallest absolute Gasteiger partial charge is 0.255 e. The van der Waals surface area contributed by atoms with Crippen LogP contribution < -0.4 is 5.32 Å². The van der Waals surface area contributed by atoms with Crippen LogP contribution in [-0.2, 0) is 16.6 Å². The number of amides is 1. The van der Waals surface area contributed by atoms with Crippen LogP contribution >= 0.6 is 11.6 Å². The first-order valence-electron chi connectivity index (χ1n) is 8.72. The van der Waals surface area contributed by atoms with Gasteiger partial charge in [-0.1, -0.05) is 30.2 Å². The maximum absolute atomic E-state index is 12.9. The van der Waals surface area contributed by atoms with Gasteiger partial charge in [0.05, 0.1) is 11.6 Å². The van der Waals surface area contributed by atoms with Crippen molar-refractivity contribution in [1.29, 1.82) is 0 Å². The summed E-state index contributed by atoms with van der Waals surface area (Å²) in [4.78, 5) is 12.5. The van der Waals surface area contributed by atoms with Gasteiger partial charge in [-0.3, -0.25) is 4.79 Å². The molecule has 0 aromatic heterocycles. The second kappa shape index (κ2) is 8.39. The molecule has 6 nitrogen and oxygen atoms in total. The van der Waals surface area contributed by atoms with E-state index >= 15 is 0 Å². The van der Waals surface area contributed by atoms with E-state index in [9.17, 15) is 18.3 Å². The van der Waals surface area contributed by atoms with Crippen LogP contribution in [0.4, 0.5) is 5.69 Å². The Morgan fingerprint density at radius 2 is 1.85 bits per heavy atom. The van der Waals surface area contributed by atoms with E-state index in [1.807, 2.05) is 0 Å². The lowest BCUT2D eigenvalue weighted by Gasteiger charge is -2.26. The molecule has 1 aliphatic heterocycles. The molecule has 0 unspecified atom stereocenters. The van der Waals surface area contributed by atoms with E-state index in [-0.39, 0.29) is 22.1 Å². The second-order valence-electron chi connectivity index (χ2n) is 6.42.